The van der Waals surface area contributed by atoms with E-state index in [1.54, 1.807) is 6.08 Å². The smallest absolute Gasteiger partial charge is 0.324 e. The fraction of sp³-hybridized carbons (Fsp3) is 0.276. The third kappa shape index (κ3) is 6.64. The number of rotatable bonds is 10. The molecule has 5 heteroatoms. The summed E-state index contributed by atoms with van der Waals surface area (Å²) in [5.74, 6) is -0.808. The Morgan fingerprint density at radius 2 is 1.35 bits per heavy atom. The number of carboxylic acid groups (broad SMARTS) is 1. The first kappa shape index (κ1) is 23.9. The molecule has 3 aromatic carbocycles. The average Bonchev–Trinajstić information content (AvgIpc) is 2.89. The van der Waals surface area contributed by atoms with Gasteiger partial charge < -0.3 is 9.84 Å². The number of piperazine rings is 1. The summed E-state index contributed by atoms with van der Waals surface area (Å²) in [6.07, 6.45) is 3.59. The van der Waals surface area contributed by atoms with Crippen LogP contribution in [0.25, 0.3) is 6.08 Å². The van der Waals surface area contributed by atoms with Gasteiger partial charge in [-0.25, -0.2) is 0 Å². The molecule has 1 fully saturated rings. The lowest BCUT2D eigenvalue weighted by atomic mass is 10.0. The fourth-order valence-electron chi connectivity index (χ4n) is 4.33. The highest BCUT2D eigenvalue weighted by Gasteiger charge is 2.27. The van der Waals surface area contributed by atoms with Crippen LogP contribution in [0, 0.1) is 0 Å². The highest BCUT2D eigenvalue weighted by molar-refractivity contribution is 5.77. The van der Waals surface area contributed by atoms with Gasteiger partial charge in [-0.2, -0.15) is 0 Å². The van der Waals surface area contributed by atoms with Crippen LogP contribution < -0.4 is 0 Å². The van der Waals surface area contributed by atoms with Crippen molar-refractivity contribution in [1.29, 1.82) is 0 Å². The van der Waals surface area contributed by atoms with E-state index in [9.17, 15) is 9.90 Å². The Kier molecular flexibility index (Phi) is 8.63. The average molecular weight is 457 g/mol. The SMILES string of the molecule is O=C(O)C(/C=C/c1ccccc1)N1CCN(CCOC(c2ccccc2)c2ccccc2)CC1. The van der Waals surface area contributed by atoms with Gasteiger partial charge in [-0.05, 0) is 16.7 Å². The van der Waals surface area contributed by atoms with Gasteiger partial charge in [0.1, 0.15) is 12.1 Å². The molecule has 0 spiro atoms. The van der Waals surface area contributed by atoms with E-state index in [1.807, 2.05) is 77.7 Å². The van der Waals surface area contributed by atoms with Crippen molar-refractivity contribution in [2.45, 2.75) is 12.1 Å². The minimum Gasteiger partial charge on any atom is -0.480 e. The molecular formula is C29H32N2O3. The Balaban J connectivity index is 1.29. The van der Waals surface area contributed by atoms with E-state index in [-0.39, 0.29) is 6.10 Å². The Labute approximate surface area is 201 Å². The van der Waals surface area contributed by atoms with Crippen LogP contribution in [0.15, 0.2) is 97.1 Å². The number of benzene rings is 3. The molecule has 1 N–H and O–H groups in total. The van der Waals surface area contributed by atoms with Gasteiger partial charge in [-0.3, -0.25) is 14.6 Å². The van der Waals surface area contributed by atoms with Gasteiger partial charge in [-0.1, -0.05) is 103 Å². The molecule has 0 aliphatic carbocycles. The topological polar surface area (TPSA) is 53.0 Å². The van der Waals surface area contributed by atoms with Crippen molar-refractivity contribution >= 4 is 12.0 Å². The molecule has 0 bridgehead atoms. The number of aliphatic carboxylic acids is 1. The normalized spacial score (nSPS) is 16.1. The zero-order chi connectivity index (χ0) is 23.6. The molecule has 5 nitrogen and oxygen atoms in total. The van der Waals surface area contributed by atoms with E-state index in [0.717, 1.165) is 49.4 Å². The van der Waals surface area contributed by atoms with Crippen molar-refractivity contribution in [2.24, 2.45) is 0 Å². The summed E-state index contributed by atoms with van der Waals surface area (Å²) >= 11 is 0. The summed E-state index contributed by atoms with van der Waals surface area (Å²) in [7, 11) is 0. The molecule has 0 aromatic heterocycles. The molecule has 1 saturated heterocycles. The Hall–Kier alpha value is -3.25. The second kappa shape index (κ2) is 12.3. The van der Waals surface area contributed by atoms with Crippen molar-refractivity contribution in [3.8, 4) is 0 Å². The monoisotopic (exact) mass is 456 g/mol. The van der Waals surface area contributed by atoms with Gasteiger partial charge in [0.15, 0.2) is 0 Å². The quantitative estimate of drug-likeness (QED) is 0.484. The summed E-state index contributed by atoms with van der Waals surface area (Å²) in [5, 5.41) is 9.76. The van der Waals surface area contributed by atoms with Crippen LogP contribution in [0.1, 0.15) is 22.8 Å². The van der Waals surface area contributed by atoms with E-state index in [4.69, 9.17) is 4.74 Å². The first-order valence-electron chi connectivity index (χ1n) is 11.8. The number of carbonyl (C=O) groups is 1. The molecule has 34 heavy (non-hydrogen) atoms. The van der Waals surface area contributed by atoms with Crippen molar-refractivity contribution < 1.29 is 14.6 Å². The fourth-order valence-corrected chi connectivity index (χ4v) is 4.33. The van der Waals surface area contributed by atoms with Crippen LogP contribution in [0.4, 0.5) is 0 Å². The second-order valence-electron chi connectivity index (χ2n) is 8.50. The van der Waals surface area contributed by atoms with Crippen LogP contribution in [0.2, 0.25) is 0 Å². The highest BCUT2D eigenvalue weighted by atomic mass is 16.5. The third-order valence-electron chi connectivity index (χ3n) is 6.22. The maximum Gasteiger partial charge on any atom is 0.324 e. The maximum atomic E-state index is 11.9. The van der Waals surface area contributed by atoms with E-state index in [0.29, 0.717) is 6.61 Å². The minimum absolute atomic E-state index is 0.0943. The Bertz CT molecular complexity index is 993. The zero-order valence-corrected chi connectivity index (χ0v) is 19.4. The molecule has 1 aliphatic rings. The summed E-state index contributed by atoms with van der Waals surface area (Å²) in [6, 6.07) is 29.8. The first-order valence-corrected chi connectivity index (χ1v) is 11.8. The van der Waals surface area contributed by atoms with Crippen LogP contribution in [-0.4, -0.2) is 66.2 Å². The molecule has 3 aromatic rings. The van der Waals surface area contributed by atoms with E-state index in [2.05, 4.69) is 29.2 Å². The van der Waals surface area contributed by atoms with Gasteiger partial charge >= 0.3 is 5.97 Å². The van der Waals surface area contributed by atoms with Gasteiger partial charge in [-0.15, -0.1) is 0 Å². The molecule has 4 rings (SSSR count). The molecule has 0 amide bonds. The lowest BCUT2D eigenvalue weighted by molar-refractivity contribution is -0.142. The number of nitrogens with zero attached hydrogens (tertiary/aromatic N) is 2. The summed E-state index contributed by atoms with van der Waals surface area (Å²) in [5.41, 5.74) is 3.30. The third-order valence-corrected chi connectivity index (χ3v) is 6.22. The van der Waals surface area contributed by atoms with Crippen LogP contribution >= 0.6 is 0 Å². The number of carboxylic acids is 1. The molecular weight excluding hydrogens is 424 g/mol. The molecule has 1 heterocycles. The lowest BCUT2D eigenvalue weighted by Gasteiger charge is -2.37. The number of hydrogen-bond acceptors (Lipinski definition) is 4. The zero-order valence-electron chi connectivity index (χ0n) is 19.4. The standard InChI is InChI=1S/C29H32N2O3/c32-29(33)27(17-16-24-10-4-1-5-11-24)31-20-18-30(19-21-31)22-23-34-28(25-12-6-2-7-13-25)26-14-8-3-9-15-26/h1-17,27-28H,18-23H2,(H,32,33)/b17-16+. The van der Waals surface area contributed by atoms with Crippen molar-refractivity contribution in [2.75, 3.05) is 39.3 Å². The predicted molar refractivity (Wildman–Crippen MR) is 136 cm³/mol. The predicted octanol–water partition coefficient (Wildman–Crippen LogP) is 4.58. The van der Waals surface area contributed by atoms with Crippen LogP contribution in [-0.2, 0) is 9.53 Å². The van der Waals surface area contributed by atoms with Crippen molar-refractivity contribution in [3.05, 3.63) is 114 Å². The Morgan fingerprint density at radius 1 is 0.824 bits per heavy atom. The lowest BCUT2D eigenvalue weighted by Crippen LogP contribution is -2.52. The van der Waals surface area contributed by atoms with Gasteiger partial charge in [0, 0.05) is 32.7 Å². The molecule has 1 aliphatic heterocycles. The molecule has 0 saturated carbocycles. The summed E-state index contributed by atoms with van der Waals surface area (Å²) in [4.78, 5) is 16.3. The van der Waals surface area contributed by atoms with Crippen LogP contribution in [0.3, 0.4) is 0 Å². The van der Waals surface area contributed by atoms with Gasteiger partial charge in [0.2, 0.25) is 0 Å². The molecule has 1 unspecified atom stereocenters. The molecule has 176 valence electrons. The number of ether oxygens (including phenoxy) is 1. The second-order valence-corrected chi connectivity index (χ2v) is 8.50. The van der Waals surface area contributed by atoms with Crippen LogP contribution in [0.5, 0.6) is 0 Å². The largest absolute Gasteiger partial charge is 0.480 e. The van der Waals surface area contributed by atoms with E-state index in [1.165, 1.54) is 0 Å². The van der Waals surface area contributed by atoms with Gasteiger partial charge in [0.05, 0.1) is 6.61 Å². The summed E-state index contributed by atoms with van der Waals surface area (Å²) < 4.78 is 6.36. The Morgan fingerprint density at radius 3 is 1.88 bits per heavy atom. The molecule has 0 radical (unpaired) electrons. The molecule has 1 atom stereocenters. The van der Waals surface area contributed by atoms with Crippen molar-refractivity contribution in [3.63, 3.8) is 0 Å². The van der Waals surface area contributed by atoms with Gasteiger partial charge in [0.25, 0.3) is 0 Å². The summed E-state index contributed by atoms with van der Waals surface area (Å²) in [6.45, 7) is 4.53. The number of hydrogen-bond donors (Lipinski definition) is 1. The van der Waals surface area contributed by atoms with E-state index >= 15 is 0 Å². The maximum absolute atomic E-state index is 11.9. The minimum atomic E-state index is -0.808. The van der Waals surface area contributed by atoms with E-state index < -0.39 is 12.0 Å². The first-order chi connectivity index (χ1) is 16.7. The highest BCUT2D eigenvalue weighted by Crippen LogP contribution is 2.25. The van der Waals surface area contributed by atoms with Crippen molar-refractivity contribution in [1.82, 2.24) is 9.80 Å².